The molecule has 1 aliphatic heterocycles. The lowest BCUT2D eigenvalue weighted by Gasteiger charge is -2.15. The van der Waals surface area contributed by atoms with Gasteiger partial charge >= 0.3 is 6.61 Å². The van der Waals surface area contributed by atoms with Crippen LogP contribution in [0.5, 0.6) is 17.2 Å². The Hall–Kier alpha value is -1.82. The molecule has 0 spiro atoms. The van der Waals surface area contributed by atoms with Crippen molar-refractivity contribution in [2.75, 3.05) is 13.8 Å². The molecule has 1 aliphatic rings. The van der Waals surface area contributed by atoms with Crippen LogP contribution in [0.4, 0.5) is 8.78 Å². The zero-order chi connectivity index (χ0) is 18.5. The standard InChI is InChI=1S/C17H19F2N3O3S.HI/c1-10-3-4-12(26-10)8-22-17(20-2)21-7-11-5-14-15(24-9-23-14)6-13(11)25-16(18)19;/h3-6,16H,7-9H2,1-2H3,(H2,20,21,22);1H. The molecule has 2 heterocycles. The molecular weight excluding hydrogens is 491 g/mol. The van der Waals surface area contributed by atoms with Gasteiger partial charge in [-0.25, -0.2) is 0 Å². The van der Waals surface area contributed by atoms with E-state index < -0.39 is 6.61 Å². The smallest absolute Gasteiger partial charge is 0.387 e. The number of guanidine groups is 1. The molecule has 0 fully saturated rings. The molecule has 0 saturated carbocycles. The van der Waals surface area contributed by atoms with E-state index in [-0.39, 0.29) is 43.1 Å². The number of hydrogen-bond acceptors (Lipinski definition) is 5. The summed E-state index contributed by atoms with van der Waals surface area (Å²) in [6.07, 6.45) is 0. The predicted octanol–water partition coefficient (Wildman–Crippen LogP) is 3.87. The summed E-state index contributed by atoms with van der Waals surface area (Å²) in [5.74, 6) is 1.48. The van der Waals surface area contributed by atoms with Crippen LogP contribution in [0.25, 0.3) is 0 Å². The first-order valence-electron chi connectivity index (χ1n) is 7.92. The fourth-order valence-electron chi connectivity index (χ4n) is 2.46. The number of hydrogen-bond donors (Lipinski definition) is 2. The second-order valence-electron chi connectivity index (χ2n) is 5.48. The summed E-state index contributed by atoms with van der Waals surface area (Å²) in [5, 5.41) is 6.28. The highest BCUT2D eigenvalue weighted by Gasteiger charge is 2.20. The van der Waals surface area contributed by atoms with E-state index in [0.717, 1.165) is 0 Å². The molecule has 2 N–H and O–H groups in total. The Morgan fingerprint density at radius 2 is 1.93 bits per heavy atom. The van der Waals surface area contributed by atoms with E-state index in [2.05, 4.69) is 26.4 Å². The van der Waals surface area contributed by atoms with Gasteiger partial charge in [0.25, 0.3) is 0 Å². The van der Waals surface area contributed by atoms with Crippen LogP contribution in [0.1, 0.15) is 15.3 Å². The predicted molar refractivity (Wildman–Crippen MR) is 111 cm³/mol. The quantitative estimate of drug-likeness (QED) is 0.351. The van der Waals surface area contributed by atoms with E-state index in [0.29, 0.717) is 29.6 Å². The number of rotatable bonds is 6. The number of nitrogens with one attached hydrogen (secondary N) is 2. The van der Waals surface area contributed by atoms with Crippen molar-refractivity contribution in [2.45, 2.75) is 26.6 Å². The van der Waals surface area contributed by atoms with Gasteiger partial charge in [0.05, 0.1) is 6.54 Å². The zero-order valence-corrected chi connectivity index (χ0v) is 17.9. The summed E-state index contributed by atoms with van der Waals surface area (Å²) < 4.78 is 40.5. The molecule has 148 valence electrons. The molecule has 0 aliphatic carbocycles. The van der Waals surface area contributed by atoms with Crippen molar-refractivity contribution in [3.05, 3.63) is 39.6 Å². The van der Waals surface area contributed by atoms with Crippen LogP contribution >= 0.6 is 35.3 Å². The number of aliphatic imine (C=N–C) groups is 1. The van der Waals surface area contributed by atoms with Crippen LogP contribution in [0.2, 0.25) is 0 Å². The van der Waals surface area contributed by atoms with E-state index in [9.17, 15) is 8.78 Å². The topological polar surface area (TPSA) is 64.1 Å². The monoisotopic (exact) mass is 511 g/mol. The van der Waals surface area contributed by atoms with Crippen molar-refractivity contribution >= 4 is 41.3 Å². The minimum absolute atomic E-state index is 0. The number of aryl methyl sites for hydroxylation is 1. The van der Waals surface area contributed by atoms with Gasteiger partial charge in [-0.15, -0.1) is 35.3 Å². The maximum absolute atomic E-state index is 12.7. The number of thiophene rings is 1. The van der Waals surface area contributed by atoms with E-state index >= 15 is 0 Å². The Labute approximate surface area is 176 Å². The minimum Gasteiger partial charge on any atom is -0.454 e. The van der Waals surface area contributed by atoms with Gasteiger partial charge in [-0.2, -0.15) is 8.78 Å². The van der Waals surface area contributed by atoms with Gasteiger partial charge in [0.2, 0.25) is 6.79 Å². The van der Waals surface area contributed by atoms with Gasteiger partial charge in [-0.3, -0.25) is 4.99 Å². The van der Waals surface area contributed by atoms with Gasteiger partial charge in [-0.1, -0.05) is 0 Å². The van der Waals surface area contributed by atoms with Crippen molar-refractivity contribution in [3.63, 3.8) is 0 Å². The van der Waals surface area contributed by atoms with Crippen molar-refractivity contribution in [1.29, 1.82) is 0 Å². The van der Waals surface area contributed by atoms with Crippen LogP contribution in [0.3, 0.4) is 0 Å². The van der Waals surface area contributed by atoms with E-state index in [4.69, 9.17) is 9.47 Å². The highest BCUT2D eigenvalue weighted by molar-refractivity contribution is 14.0. The van der Waals surface area contributed by atoms with Crippen molar-refractivity contribution < 1.29 is 23.0 Å². The Morgan fingerprint density at radius 3 is 2.56 bits per heavy atom. The molecule has 10 heteroatoms. The summed E-state index contributed by atoms with van der Waals surface area (Å²) in [6, 6.07) is 7.14. The number of halogens is 3. The lowest BCUT2D eigenvalue weighted by Crippen LogP contribution is -2.36. The van der Waals surface area contributed by atoms with Gasteiger partial charge < -0.3 is 24.8 Å². The Kier molecular flexibility index (Phi) is 7.90. The highest BCUT2D eigenvalue weighted by Crippen LogP contribution is 2.38. The fourth-order valence-corrected chi connectivity index (χ4v) is 3.29. The van der Waals surface area contributed by atoms with Crippen molar-refractivity contribution in [3.8, 4) is 17.2 Å². The summed E-state index contributed by atoms with van der Waals surface area (Å²) in [7, 11) is 1.64. The largest absolute Gasteiger partial charge is 0.454 e. The molecule has 2 aromatic rings. The van der Waals surface area contributed by atoms with E-state index in [1.807, 2.05) is 13.0 Å². The Morgan fingerprint density at radius 1 is 1.22 bits per heavy atom. The maximum Gasteiger partial charge on any atom is 0.387 e. The second kappa shape index (κ2) is 9.93. The van der Waals surface area contributed by atoms with Crippen molar-refractivity contribution in [2.24, 2.45) is 4.99 Å². The molecule has 0 saturated heterocycles. The summed E-state index contributed by atoms with van der Waals surface area (Å²) in [5.41, 5.74) is 0.518. The highest BCUT2D eigenvalue weighted by atomic mass is 127. The van der Waals surface area contributed by atoms with Crippen LogP contribution in [0.15, 0.2) is 29.3 Å². The van der Waals surface area contributed by atoms with Gasteiger partial charge in [0.1, 0.15) is 5.75 Å². The third-order valence-electron chi connectivity index (χ3n) is 3.67. The average molecular weight is 511 g/mol. The molecule has 1 aromatic carbocycles. The van der Waals surface area contributed by atoms with E-state index in [1.165, 1.54) is 15.8 Å². The normalized spacial score (nSPS) is 12.7. The molecular formula is C17H20F2IN3O3S. The molecule has 6 nitrogen and oxygen atoms in total. The maximum atomic E-state index is 12.7. The Balaban J connectivity index is 0.00000261. The molecule has 0 bridgehead atoms. The molecule has 1 aromatic heterocycles. The second-order valence-corrected chi connectivity index (χ2v) is 6.86. The first kappa shape index (κ1) is 21.5. The third-order valence-corrected chi connectivity index (χ3v) is 4.67. The van der Waals surface area contributed by atoms with Crippen LogP contribution in [-0.4, -0.2) is 26.4 Å². The van der Waals surface area contributed by atoms with E-state index in [1.54, 1.807) is 24.5 Å². The SMILES string of the molecule is CN=C(NCc1ccc(C)s1)NCc1cc2c(cc1OC(F)F)OCO2.I. The average Bonchev–Trinajstić information content (AvgIpc) is 3.22. The van der Waals surface area contributed by atoms with Gasteiger partial charge in [0, 0.05) is 35.0 Å². The molecule has 27 heavy (non-hydrogen) atoms. The Bertz CT molecular complexity index is 802. The minimum atomic E-state index is -2.92. The third kappa shape index (κ3) is 5.83. The van der Waals surface area contributed by atoms with Gasteiger partial charge in [0.15, 0.2) is 17.5 Å². The zero-order valence-electron chi connectivity index (χ0n) is 14.8. The summed E-state index contributed by atoms with van der Waals surface area (Å²) in [4.78, 5) is 6.55. The van der Waals surface area contributed by atoms with Crippen LogP contribution in [-0.2, 0) is 13.1 Å². The lowest BCUT2D eigenvalue weighted by atomic mass is 10.1. The lowest BCUT2D eigenvalue weighted by molar-refractivity contribution is -0.0505. The van der Waals surface area contributed by atoms with Gasteiger partial charge in [-0.05, 0) is 25.1 Å². The molecule has 0 unspecified atom stereocenters. The number of ether oxygens (including phenoxy) is 3. The molecule has 0 atom stereocenters. The number of benzene rings is 1. The van der Waals surface area contributed by atoms with Crippen molar-refractivity contribution in [1.82, 2.24) is 10.6 Å². The van der Waals surface area contributed by atoms with Crippen LogP contribution < -0.4 is 24.8 Å². The van der Waals surface area contributed by atoms with Crippen LogP contribution in [0, 0.1) is 6.92 Å². The molecule has 0 amide bonds. The summed E-state index contributed by atoms with van der Waals surface area (Å²) in [6.45, 7) is 0.0464. The number of fused-ring (bicyclic) bond motifs is 1. The number of nitrogens with zero attached hydrogens (tertiary/aromatic N) is 1. The fraction of sp³-hybridized carbons (Fsp3) is 0.353. The first-order valence-corrected chi connectivity index (χ1v) is 8.74. The molecule has 3 rings (SSSR count). The first-order chi connectivity index (χ1) is 12.5. The summed E-state index contributed by atoms with van der Waals surface area (Å²) >= 11 is 1.70. The number of alkyl halides is 2. The molecule has 0 radical (unpaired) electrons.